The van der Waals surface area contributed by atoms with Crippen LogP contribution < -0.4 is 10.2 Å². The molecule has 2 amide bonds. The van der Waals surface area contributed by atoms with Gasteiger partial charge in [0.2, 0.25) is 11.8 Å². The van der Waals surface area contributed by atoms with Crippen LogP contribution in [0.2, 0.25) is 0 Å². The van der Waals surface area contributed by atoms with Gasteiger partial charge in [-0.3, -0.25) is 9.59 Å². The van der Waals surface area contributed by atoms with Crippen LogP contribution in [0, 0.1) is 11.8 Å². The fourth-order valence-corrected chi connectivity index (χ4v) is 2.52. The third-order valence-corrected chi connectivity index (χ3v) is 4.38. The number of anilines is 1. The molecule has 1 aliphatic rings. The number of carbonyl (C=O) groups is 2. The normalized spacial score (nSPS) is 19.9. The summed E-state index contributed by atoms with van der Waals surface area (Å²) in [5.74, 6) is 1.20. The minimum absolute atomic E-state index is 0.0186. The molecule has 22 heavy (non-hydrogen) atoms. The third-order valence-electron chi connectivity index (χ3n) is 4.38. The van der Waals surface area contributed by atoms with E-state index in [0.29, 0.717) is 24.8 Å². The van der Waals surface area contributed by atoms with E-state index in [2.05, 4.69) is 32.2 Å². The number of hydrogen-bond acceptors (Lipinski definition) is 2. The smallest absolute Gasteiger partial charge is 0.228 e. The van der Waals surface area contributed by atoms with E-state index in [9.17, 15) is 9.59 Å². The highest BCUT2D eigenvalue weighted by molar-refractivity contribution is 5.93. The van der Waals surface area contributed by atoms with Gasteiger partial charge in [0.25, 0.3) is 0 Å². The van der Waals surface area contributed by atoms with Crippen molar-refractivity contribution >= 4 is 17.5 Å². The lowest BCUT2D eigenvalue weighted by Gasteiger charge is -2.19. The lowest BCUT2D eigenvalue weighted by atomic mass is 10.0. The molecule has 0 saturated heterocycles. The number of amides is 2. The van der Waals surface area contributed by atoms with Crippen molar-refractivity contribution in [3.05, 3.63) is 29.8 Å². The van der Waals surface area contributed by atoms with Crippen molar-refractivity contribution in [2.45, 2.75) is 39.5 Å². The van der Waals surface area contributed by atoms with Crippen LogP contribution in [0.15, 0.2) is 24.3 Å². The lowest BCUT2D eigenvalue weighted by molar-refractivity contribution is -0.122. The summed E-state index contributed by atoms with van der Waals surface area (Å²) in [4.78, 5) is 25.6. The maximum atomic E-state index is 12.2. The minimum Gasteiger partial charge on any atom is -0.355 e. The van der Waals surface area contributed by atoms with Gasteiger partial charge >= 0.3 is 0 Å². The van der Waals surface area contributed by atoms with Crippen LogP contribution in [-0.4, -0.2) is 25.4 Å². The topological polar surface area (TPSA) is 49.4 Å². The van der Waals surface area contributed by atoms with E-state index in [4.69, 9.17) is 0 Å². The summed E-state index contributed by atoms with van der Waals surface area (Å²) >= 11 is 0. The summed E-state index contributed by atoms with van der Waals surface area (Å²) < 4.78 is 0. The molecule has 2 unspecified atom stereocenters. The van der Waals surface area contributed by atoms with Gasteiger partial charge in [0.05, 0.1) is 0 Å². The molecular formula is C18H26N2O2. The van der Waals surface area contributed by atoms with Gasteiger partial charge in [-0.2, -0.15) is 0 Å². The quantitative estimate of drug-likeness (QED) is 0.878. The average Bonchev–Trinajstić information content (AvgIpc) is 3.23. The zero-order valence-corrected chi connectivity index (χ0v) is 13.9. The van der Waals surface area contributed by atoms with E-state index in [1.165, 1.54) is 5.56 Å². The fourth-order valence-electron chi connectivity index (χ4n) is 2.52. The van der Waals surface area contributed by atoms with E-state index < -0.39 is 0 Å². The summed E-state index contributed by atoms with van der Waals surface area (Å²) in [6.07, 6.45) is 1.30. The number of carbonyl (C=O) groups excluding carboxylic acids is 2. The predicted molar refractivity (Wildman–Crippen MR) is 88.8 cm³/mol. The zero-order chi connectivity index (χ0) is 16.3. The zero-order valence-electron chi connectivity index (χ0n) is 13.9. The molecule has 1 saturated carbocycles. The highest BCUT2D eigenvalue weighted by Gasteiger charge is 2.38. The molecule has 2 rings (SSSR count). The van der Waals surface area contributed by atoms with Crippen molar-refractivity contribution in [2.75, 3.05) is 18.5 Å². The van der Waals surface area contributed by atoms with Crippen molar-refractivity contribution in [1.82, 2.24) is 5.32 Å². The Morgan fingerprint density at radius 1 is 1.36 bits per heavy atom. The summed E-state index contributed by atoms with van der Waals surface area (Å²) in [6.45, 7) is 6.75. The van der Waals surface area contributed by atoms with E-state index >= 15 is 0 Å². The van der Waals surface area contributed by atoms with E-state index in [0.717, 1.165) is 12.1 Å². The van der Waals surface area contributed by atoms with Crippen molar-refractivity contribution in [3.8, 4) is 0 Å². The Bertz CT molecular complexity index is 554. The monoisotopic (exact) mass is 302 g/mol. The SMILES string of the molecule is CC(C)c1cccc(N(C)C(=O)CCNC(=O)C2CC2C)c1. The number of nitrogens with zero attached hydrogens (tertiary/aromatic N) is 1. The van der Waals surface area contributed by atoms with E-state index in [1.807, 2.05) is 18.2 Å². The van der Waals surface area contributed by atoms with Gasteiger partial charge in [-0.25, -0.2) is 0 Å². The fraction of sp³-hybridized carbons (Fsp3) is 0.556. The molecule has 0 aromatic heterocycles. The van der Waals surface area contributed by atoms with Gasteiger partial charge in [0, 0.05) is 31.6 Å². The van der Waals surface area contributed by atoms with Crippen LogP contribution in [-0.2, 0) is 9.59 Å². The first-order chi connectivity index (χ1) is 10.4. The Morgan fingerprint density at radius 3 is 2.64 bits per heavy atom. The van der Waals surface area contributed by atoms with Gasteiger partial charge in [0.1, 0.15) is 0 Å². The number of nitrogens with one attached hydrogen (secondary N) is 1. The molecule has 0 bridgehead atoms. The highest BCUT2D eigenvalue weighted by Crippen LogP contribution is 2.37. The Kier molecular flexibility index (Phi) is 5.22. The van der Waals surface area contributed by atoms with Crippen LogP contribution in [0.25, 0.3) is 0 Å². The molecular weight excluding hydrogens is 276 g/mol. The van der Waals surface area contributed by atoms with Crippen molar-refractivity contribution in [2.24, 2.45) is 11.8 Å². The first kappa shape index (κ1) is 16.5. The lowest BCUT2D eigenvalue weighted by Crippen LogP contribution is -2.32. The largest absolute Gasteiger partial charge is 0.355 e. The standard InChI is InChI=1S/C18H26N2O2/c1-12(2)14-6-5-7-15(11-14)20(4)17(21)8-9-19-18(22)16-10-13(16)3/h5-7,11-13,16H,8-10H2,1-4H3,(H,19,22). The van der Waals surface area contributed by atoms with Gasteiger partial charge in [-0.1, -0.05) is 32.9 Å². The Balaban J connectivity index is 1.84. The molecule has 1 aromatic rings. The molecule has 0 radical (unpaired) electrons. The Morgan fingerprint density at radius 2 is 2.05 bits per heavy atom. The Hall–Kier alpha value is -1.84. The maximum Gasteiger partial charge on any atom is 0.228 e. The summed E-state index contributed by atoms with van der Waals surface area (Å²) in [6, 6.07) is 8.04. The van der Waals surface area contributed by atoms with Crippen LogP contribution in [0.1, 0.15) is 45.1 Å². The second kappa shape index (κ2) is 6.95. The second-order valence-electron chi connectivity index (χ2n) is 6.56. The molecule has 1 aromatic carbocycles. The summed E-state index contributed by atoms with van der Waals surface area (Å²) in [5, 5.41) is 2.86. The molecule has 0 aliphatic heterocycles. The van der Waals surface area contributed by atoms with Crippen LogP contribution >= 0.6 is 0 Å². The summed E-state index contributed by atoms with van der Waals surface area (Å²) in [5.41, 5.74) is 2.12. The number of rotatable bonds is 6. The van der Waals surface area contributed by atoms with Gasteiger partial charge in [-0.05, 0) is 36.0 Å². The average molecular weight is 302 g/mol. The van der Waals surface area contributed by atoms with Crippen molar-refractivity contribution in [3.63, 3.8) is 0 Å². The highest BCUT2D eigenvalue weighted by atomic mass is 16.2. The molecule has 0 spiro atoms. The third kappa shape index (κ3) is 4.09. The first-order valence-electron chi connectivity index (χ1n) is 8.04. The molecule has 2 atom stereocenters. The van der Waals surface area contributed by atoms with Crippen LogP contribution in [0.4, 0.5) is 5.69 Å². The van der Waals surface area contributed by atoms with E-state index in [1.54, 1.807) is 11.9 Å². The molecule has 4 nitrogen and oxygen atoms in total. The molecule has 1 fully saturated rings. The van der Waals surface area contributed by atoms with Gasteiger partial charge < -0.3 is 10.2 Å². The second-order valence-corrected chi connectivity index (χ2v) is 6.56. The van der Waals surface area contributed by atoms with Crippen molar-refractivity contribution < 1.29 is 9.59 Å². The van der Waals surface area contributed by atoms with Crippen LogP contribution in [0.5, 0.6) is 0 Å². The van der Waals surface area contributed by atoms with Gasteiger partial charge in [0.15, 0.2) is 0 Å². The molecule has 4 heteroatoms. The minimum atomic E-state index is 0.0186. The first-order valence-corrected chi connectivity index (χ1v) is 8.04. The van der Waals surface area contributed by atoms with Crippen LogP contribution in [0.3, 0.4) is 0 Å². The molecule has 0 heterocycles. The molecule has 120 valence electrons. The molecule has 1 N–H and O–H groups in total. The Labute approximate surface area is 132 Å². The number of benzene rings is 1. The number of hydrogen-bond donors (Lipinski definition) is 1. The van der Waals surface area contributed by atoms with E-state index in [-0.39, 0.29) is 17.7 Å². The predicted octanol–water partition coefficient (Wildman–Crippen LogP) is 2.94. The molecule has 1 aliphatic carbocycles. The van der Waals surface area contributed by atoms with Crippen molar-refractivity contribution in [1.29, 1.82) is 0 Å². The summed E-state index contributed by atoms with van der Waals surface area (Å²) in [7, 11) is 1.78. The van der Waals surface area contributed by atoms with Gasteiger partial charge in [-0.15, -0.1) is 0 Å². The maximum absolute atomic E-state index is 12.2.